The average molecular weight is 262 g/mol. The van der Waals surface area contributed by atoms with E-state index in [1.807, 2.05) is 17.4 Å². The molecule has 76 valence electrons. The molecule has 14 heavy (non-hydrogen) atoms. The van der Waals surface area contributed by atoms with Gasteiger partial charge in [0.15, 0.2) is 4.67 Å². The van der Waals surface area contributed by atoms with Crippen LogP contribution in [0, 0.1) is 0 Å². The van der Waals surface area contributed by atoms with Crippen molar-refractivity contribution in [1.29, 1.82) is 0 Å². The molecule has 5 heteroatoms. The number of hydrogen-bond donors (Lipinski definition) is 0. The molecule has 1 saturated heterocycles. The molecule has 1 aliphatic rings. The Kier molecular flexibility index (Phi) is 3.97. The summed E-state index contributed by atoms with van der Waals surface area (Å²) in [5.74, 6) is 2.05. The maximum atomic E-state index is 5.61. The van der Waals surface area contributed by atoms with Gasteiger partial charge >= 0.3 is 0 Å². The first kappa shape index (κ1) is 11.0. The third-order valence-corrected chi connectivity index (χ3v) is 11.3. The van der Waals surface area contributed by atoms with Gasteiger partial charge < -0.3 is 4.52 Å². The summed E-state index contributed by atoms with van der Waals surface area (Å²) >= 11 is 9.12. The molecule has 1 fully saturated rings. The fourth-order valence-corrected chi connectivity index (χ4v) is 8.80. The van der Waals surface area contributed by atoms with Crippen LogP contribution in [0.4, 0.5) is 0 Å². The lowest BCUT2D eigenvalue weighted by Crippen LogP contribution is -1.79. The highest BCUT2D eigenvalue weighted by Gasteiger charge is 2.24. The predicted molar refractivity (Wildman–Crippen MR) is 70.4 cm³/mol. The Labute approximate surface area is 97.6 Å². The van der Waals surface area contributed by atoms with Gasteiger partial charge in [-0.25, -0.2) is 0 Å². The van der Waals surface area contributed by atoms with E-state index in [1.165, 1.54) is 5.56 Å². The normalized spacial score (nSPS) is 26.6. The molecule has 1 aliphatic heterocycles. The maximum Gasteiger partial charge on any atom is 0.175 e. The van der Waals surface area contributed by atoms with Crippen LogP contribution in [0.25, 0.3) is 0 Å². The molecule has 1 atom stereocenters. The highest BCUT2D eigenvalue weighted by atomic mass is 33.2. The minimum atomic E-state index is -1.57. The molecule has 1 unspecified atom stereocenters. The van der Waals surface area contributed by atoms with E-state index in [2.05, 4.69) is 24.3 Å². The summed E-state index contributed by atoms with van der Waals surface area (Å²) < 4.78 is 4.05. The Balaban J connectivity index is 1.91. The minimum Gasteiger partial charge on any atom is -0.333 e. The summed E-state index contributed by atoms with van der Waals surface area (Å²) in [6.45, 7) is 0.837. The first-order valence-corrected chi connectivity index (χ1v) is 10.3. The van der Waals surface area contributed by atoms with Gasteiger partial charge in [0.05, 0.1) is 6.61 Å². The lowest BCUT2D eigenvalue weighted by Gasteiger charge is -2.11. The van der Waals surface area contributed by atoms with Crippen LogP contribution in [0.15, 0.2) is 30.3 Å². The summed E-state index contributed by atoms with van der Waals surface area (Å²) in [6, 6.07) is 10.4. The van der Waals surface area contributed by atoms with Crippen molar-refractivity contribution in [2.24, 2.45) is 0 Å². The molecule has 0 amide bonds. The van der Waals surface area contributed by atoms with Gasteiger partial charge in [0.25, 0.3) is 0 Å². The smallest absolute Gasteiger partial charge is 0.175 e. The Hall–Kier alpha value is 0.530. The largest absolute Gasteiger partial charge is 0.333 e. The third-order valence-electron chi connectivity index (χ3n) is 1.81. The highest BCUT2D eigenvalue weighted by Crippen LogP contribution is 2.73. The molecule has 0 radical (unpaired) electrons. The van der Waals surface area contributed by atoms with Crippen molar-refractivity contribution in [3.8, 4) is 0 Å². The van der Waals surface area contributed by atoms with E-state index >= 15 is 0 Å². The zero-order valence-corrected chi connectivity index (χ0v) is 10.9. The second kappa shape index (κ2) is 5.04. The summed E-state index contributed by atoms with van der Waals surface area (Å²) in [5.41, 5.74) is 1.33. The second-order valence-corrected chi connectivity index (χ2v) is 13.5. The molecule has 0 bridgehead atoms. The molecule has 1 heterocycles. The monoisotopic (exact) mass is 262 g/mol. The van der Waals surface area contributed by atoms with Crippen LogP contribution in [-0.2, 0) is 22.1 Å². The van der Waals surface area contributed by atoms with Gasteiger partial charge in [-0.15, -0.1) is 0 Å². The molecule has 0 N–H and O–H groups in total. The van der Waals surface area contributed by atoms with Crippen LogP contribution in [0.5, 0.6) is 0 Å². The summed E-state index contributed by atoms with van der Waals surface area (Å²) in [5, 5.41) is 0. The SMILES string of the molecule is S=P1(SCc2ccccc2)OCCS1. The Morgan fingerprint density at radius 2 is 2.21 bits per heavy atom. The molecule has 0 aromatic heterocycles. The van der Waals surface area contributed by atoms with Gasteiger partial charge in [-0.3, -0.25) is 0 Å². The van der Waals surface area contributed by atoms with Crippen LogP contribution >= 0.6 is 27.4 Å². The molecule has 0 aliphatic carbocycles. The van der Waals surface area contributed by atoms with Crippen molar-refractivity contribution < 1.29 is 4.52 Å². The van der Waals surface area contributed by atoms with Crippen molar-refractivity contribution >= 4 is 39.2 Å². The van der Waals surface area contributed by atoms with Gasteiger partial charge in [0, 0.05) is 11.5 Å². The number of rotatable bonds is 3. The van der Waals surface area contributed by atoms with E-state index in [4.69, 9.17) is 16.3 Å². The van der Waals surface area contributed by atoms with Crippen molar-refractivity contribution in [1.82, 2.24) is 0 Å². The van der Waals surface area contributed by atoms with Crippen LogP contribution in [-0.4, -0.2) is 12.4 Å². The molecule has 0 spiro atoms. The van der Waals surface area contributed by atoms with Gasteiger partial charge in [-0.05, 0) is 17.4 Å². The minimum absolute atomic E-state index is 0.837. The maximum absolute atomic E-state index is 5.61. The van der Waals surface area contributed by atoms with E-state index in [9.17, 15) is 0 Å². The Morgan fingerprint density at radius 1 is 1.43 bits per heavy atom. The zero-order chi connectivity index (χ0) is 9.86. The van der Waals surface area contributed by atoms with E-state index in [0.717, 1.165) is 18.1 Å². The molecule has 1 nitrogen and oxygen atoms in total. The molecule has 1 aromatic carbocycles. The lowest BCUT2D eigenvalue weighted by molar-refractivity contribution is 0.406. The van der Waals surface area contributed by atoms with Crippen molar-refractivity contribution in [3.63, 3.8) is 0 Å². The molecular weight excluding hydrogens is 251 g/mol. The Morgan fingerprint density at radius 3 is 2.86 bits per heavy atom. The van der Waals surface area contributed by atoms with Crippen molar-refractivity contribution in [2.45, 2.75) is 5.75 Å². The summed E-state index contributed by atoms with van der Waals surface area (Å²) in [4.78, 5) is 0. The van der Waals surface area contributed by atoms with Gasteiger partial charge in [0.1, 0.15) is 0 Å². The van der Waals surface area contributed by atoms with Gasteiger partial charge in [0.2, 0.25) is 0 Å². The summed E-state index contributed by atoms with van der Waals surface area (Å²) in [7, 11) is 0. The standard InChI is InChI=1S/C9H11OPS3/c12-11(10-6-7-13-11)14-8-9-4-2-1-3-5-9/h1-5H,6-8H2. The average Bonchev–Trinajstić information content (AvgIpc) is 2.65. The van der Waals surface area contributed by atoms with E-state index in [-0.39, 0.29) is 0 Å². The predicted octanol–water partition coefficient (Wildman–Crippen LogP) is 3.91. The van der Waals surface area contributed by atoms with E-state index < -0.39 is 4.67 Å². The van der Waals surface area contributed by atoms with Crippen LogP contribution < -0.4 is 0 Å². The number of hydrogen-bond acceptors (Lipinski definition) is 4. The quantitative estimate of drug-likeness (QED) is 0.763. The molecule has 0 saturated carbocycles. The van der Waals surface area contributed by atoms with Gasteiger partial charge in [-0.1, -0.05) is 53.1 Å². The molecule has 2 rings (SSSR count). The molecular formula is C9H11OPS3. The lowest BCUT2D eigenvalue weighted by atomic mass is 10.2. The zero-order valence-electron chi connectivity index (χ0n) is 7.59. The van der Waals surface area contributed by atoms with Crippen LogP contribution in [0.3, 0.4) is 0 Å². The third kappa shape index (κ3) is 3.01. The van der Waals surface area contributed by atoms with Crippen molar-refractivity contribution in [3.05, 3.63) is 35.9 Å². The first-order valence-electron chi connectivity index (χ1n) is 4.36. The molecule has 1 aromatic rings. The fraction of sp³-hybridized carbons (Fsp3) is 0.333. The highest BCUT2D eigenvalue weighted by molar-refractivity contribution is 8.99. The first-order chi connectivity index (χ1) is 6.79. The number of benzene rings is 1. The second-order valence-electron chi connectivity index (χ2n) is 2.87. The fourth-order valence-electron chi connectivity index (χ4n) is 1.14. The van der Waals surface area contributed by atoms with Gasteiger partial charge in [-0.2, -0.15) is 0 Å². The van der Waals surface area contributed by atoms with Crippen molar-refractivity contribution in [2.75, 3.05) is 12.4 Å². The summed E-state index contributed by atoms with van der Waals surface area (Å²) in [6.07, 6.45) is 0. The van der Waals surface area contributed by atoms with E-state index in [1.54, 1.807) is 11.4 Å². The van der Waals surface area contributed by atoms with Crippen LogP contribution in [0.1, 0.15) is 5.56 Å². The topological polar surface area (TPSA) is 9.23 Å². The Bertz CT molecular complexity index is 331. The van der Waals surface area contributed by atoms with Crippen LogP contribution in [0.2, 0.25) is 0 Å². The van der Waals surface area contributed by atoms with E-state index in [0.29, 0.717) is 0 Å².